The number of rotatable bonds is 8. The molecule has 0 saturated heterocycles. The van der Waals surface area contributed by atoms with E-state index < -0.39 is 0 Å². The summed E-state index contributed by atoms with van der Waals surface area (Å²) >= 11 is 0. The second-order valence-electron chi connectivity index (χ2n) is 11.1. The molecule has 1 aliphatic rings. The third-order valence-electron chi connectivity index (χ3n) is 9.26. The number of hydrogen-bond donors (Lipinski definition) is 4. The van der Waals surface area contributed by atoms with Gasteiger partial charge in [-0.3, -0.25) is 0 Å². The highest BCUT2D eigenvalue weighted by Gasteiger charge is 2.23. The van der Waals surface area contributed by atoms with Crippen LogP contribution in [0.5, 0.6) is 0 Å². The van der Waals surface area contributed by atoms with Gasteiger partial charge in [0.25, 0.3) is 0 Å². The minimum Gasteiger partial charge on any atom is -0.397 e. The molecule has 0 atom stereocenters. The molecule has 0 spiro atoms. The van der Waals surface area contributed by atoms with Crippen LogP contribution in [0, 0.1) is 0 Å². The molecule has 218 valence electrons. The molecule has 0 fully saturated rings. The molecule has 4 aromatic rings. The summed E-state index contributed by atoms with van der Waals surface area (Å²) in [6, 6.07) is 9.02. The molecule has 0 aromatic carbocycles. The Balaban J connectivity index is 2.13. The van der Waals surface area contributed by atoms with Gasteiger partial charge in [-0.2, -0.15) is 0 Å². The standard InChI is InChI=1S/C36H49N5/c1-9-21-22(10-2)36-27(15-7)33-26(14-6)32(37)34(40-33)24(12-4)30-19-17-28(38-30)23(11-3)29-18-20-31(39-29)25(13-5)35(21)41(36)16-8/h17-20,38-40H,9-16,37H2,1-8H3. The summed E-state index contributed by atoms with van der Waals surface area (Å²) in [7, 11) is 0. The van der Waals surface area contributed by atoms with Crippen molar-refractivity contribution in [2.24, 2.45) is 0 Å². The smallest absolute Gasteiger partial charge is 0.0675 e. The van der Waals surface area contributed by atoms with Crippen molar-refractivity contribution in [3.8, 4) is 0 Å². The third-order valence-corrected chi connectivity index (χ3v) is 9.26. The van der Waals surface area contributed by atoms with Gasteiger partial charge in [0.15, 0.2) is 0 Å². The number of fused-ring (bicyclic) bond motifs is 8. The Morgan fingerprint density at radius 2 is 1.02 bits per heavy atom. The fourth-order valence-electron chi connectivity index (χ4n) is 7.38. The van der Waals surface area contributed by atoms with Gasteiger partial charge in [0, 0.05) is 56.2 Å². The molecule has 4 aromatic heterocycles. The Kier molecular flexibility index (Phi) is 8.26. The lowest BCUT2D eigenvalue weighted by Gasteiger charge is -2.12. The molecule has 8 bridgehead atoms. The first-order chi connectivity index (χ1) is 19.9. The lowest BCUT2D eigenvalue weighted by atomic mass is 9.98. The van der Waals surface area contributed by atoms with Crippen molar-refractivity contribution in [1.82, 2.24) is 19.5 Å². The van der Waals surface area contributed by atoms with E-state index in [1.807, 2.05) is 0 Å². The Labute approximate surface area is 245 Å². The van der Waals surface area contributed by atoms with Crippen molar-refractivity contribution in [1.29, 1.82) is 0 Å². The number of aromatic nitrogens is 4. The first-order valence-electron chi connectivity index (χ1n) is 16.0. The monoisotopic (exact) mass is 551 g/mol. The fraction of sp³-hybridized carbons (Fsp3) is 0.444. The van der Waals surface area contributed by atoms with Crippen molar-refractivity contribution in [3.63, 3.8) is 0 Å². The number of hydrogen-bond acceptors (Lipinski definition) is 1. The van der Waals surface area contributed by atoms with E-state index in [2.05, 4.69) is 99.2 Å². The predicted molar refractivity (Wildman–Crippen MR) is 175 cm³/mol. The van der Waals surface area contributed by atoms with Crippen LogP contribution in [-0.2, 0) is 25.8 Å². The van der Waals surface area contributed by atoms with E-state index in [0.717, 1.165) is 73.6 Å². The van der Waals surface area contributed by atoms with Crippen molar-refractivity contribution in [3.05, 3.63) is 85.1 Å². The summed E-state index contributed by atoms with van der Waals surface area (Å²) in [5.41, 5.74) is 22.1. The third kappa shape index (κ3) is 4.45. The van der Waals surface area contributed by atoms with Crippen molar-refractivity contribution >= 4 is 28.0 Å². The van der Waals surface area contributed by atoms with E-state index in [-0.39, 0.29) is 0 Å². The van der Waals surface area contributed by atoms with Crippen LogP contribution >= 0.6 is 0 Å². The number of nitrogens with two attached hydrogens (primary N) is 1. The highest BCUT2D eigenvalue weighted by atomic mass is 15.0. The van der Waals surface area contributed by atoms with Crippen molar-refractivity contribution < 1.29 is 0 Å². The molecule has 1 aliphatic heterocycles. The molecule has 5 N–H and O–H groups in total. The van der Waals surface area contributed by atoms with Gasteiger partial charge in [-0.25, -0.2) is 0 Å². The van der Waals surface area contributed by atoms with E-state index in [1.54, 1.807) is 0 Å². The maximum Gasteiger partial charge on any atom is 0.0675 e. The Morgan fingerprint density at radius 1 is 0.512 bits per heavy atom. The van der Waals surface area contributed by atoms with Crippen LogP contribution in [-0.4, -0.2) is 19.5 Å². The molecule has 41 heavy (non-hydrogen) atoms. The molecule has 5 heterocycles. The number of aromatic amines is 3. The molecule has 0 radical (unpaired) electrons. The quantitative estimate of drug-likeness (QED) is 0.229. The molecular formula is C36H49N5. The van der Waals surface area contributed by atoms with Crippen LogP contribution in [0.4, 0.5) is 5.69 Å². The van der Waals surface area contributed by atoms with Crippen LogP contribution in [0.3, 0.4) is 0 Å². The van der Waals surface area contributed by atoms with Gasteiger partial charge in [-0.1, -0.05) is 48.5 Å². The van der Waals surface area contributed by atoms with Gasteiger partial charge in [-0.05, 0) is 104 Å². The Hall–Kier alpha value is -3.60. The van der Waals surface area contributed by atoms with E-state index in [0.29, 0.717) is 0 Å². The average molecular weight is 552 g/mol. The zero-order chi connectivity index (χ0) is 29.4. The predicted octanol–water partition coefficient (Wildman–Crippen LogP) is 5.51. The SMILES string of the molecule is CCC1=c2ccc([nH]2)=C(CC)c2[nH]c(c(CC)c2N)C(CC)=c2c(CC)c(CC)c(n2CC)=C(CC)c2ccc1[nH]2. The lowest BCUT2D eigenvalue weighted by molar-refractivity contribution is 0.709. The largest absolute Gasteiger partial charge is 0.397 e. The summed E-state index contributed by atoms with van der Waals surface area (Å²) in [6.45, 7) is 19.2. The van der Waals surface area contributed by atoms with E-state index >= 15 is 0 Å². The summed E-state index contributed by atoms with van der Waals surface area (Å²) in [4.78, 5) is 11.6. The summed E-state index contributed by atoms with van der Waals surface area (Å²) in [5.74, 6) is 0. The first kappa shape index (κ1) is 28.9. The summed E-state index contributed by atoms with van der Waals surface area (Å²) in [5, 5.41) is 5.08. The van der Waals surface area contributed by atoms with Gasteiger partial charge in [0.2, 0.25) is 0 Å². The fourth-order valence-corrected chi connectivity index (χ4v) is 7.38. The number of anilines is 1. The number of H-pyrrole nitrogens is 3. The minimum atomic E-state index is 0.882. The van der Waals surface area contributed by atoms with E-state index in [9.17, 15) is 0 Å². The maximum absolute atomic E-state index is 7.03. The summed E-state index contributed by atoms with van der Waals surface area (Å²) < 4.78 is 2.61. The molecule has 0 amide bonds. The van der Waals surface area contributed by atoms with Crippen LogP contribution < -0.4 is 27.1 Å². The van der Waals surface area contributed by atoms with Crippen LogP contribution in [0.15, 0.2) is 24.3 Å². The molecule has 5 nitrogen and oxygen atoms in total. The first-order valence-corrected chi connectivity index (χ1v) is 16.0. The van der Waals surface area contributed by atoms with Gasteiger partial charge in [0.05, 0.1) is 11.4 Å². The zero-order valence-electron chi connectivity index (χ0n) is 26.5. The molecule has 0 saturated carbocycles. The molecule has 5 rings (SSSR count). The highest BCUT2D eigenvalue weighted by Crippen LogP contribution is 2.33. The van der Waals surface area contributed by atoms with Crippen LogP contribution in [0.25, 0.3) is 22.3 Å². The van der Waals surface area contributed by atoms with Crippen LogP contribution in [0.1, 0.15) is 121 Å². The molecule has 0 unspecified atom stereocenters. The number of nitrogen functional groups attached to an aromatic ring is 1. The maximum atomic E-state index is 7.03. The van der Waals surface area contributed by atoms with E-state index in [4.69, 9.17) is 5.73 Å². The minimum absolute atomic E-state index is 0.882. The topological polar surface area (TPSA) is 78.3 Å². The lowest BCUT2D eigenvalue weighted by Crippen LogP contribution is -2.31. The highest BCUT2D eigenvalue weighted by molar-refractivity contribution is 5.81. The normalized spacial score (nSPS) is 13.6. The molecule has 0 aliphatic carbocycles. The van der Waals surface area contributed by atoms with Crippen molar-refractivity contribution in [2.75, 3.05) is 5.73 Å². The van der Waals surface area contributed by atoms with Crippen LogP contribution in [0.2, 0.25) is 0 Å². The van der Waals surface area contributed by atoms with Gasteiger partial charge >= 0.3 is 0 Å². The molecular weight excluding hydrogens is 502 g/mol. The van der Waals surface area contributed by atoms with Crippen molar-refractivity contribution in [2.45, 2.75) is 107 Å². The average Bonchev–Trinajstić information content (AvgIpc) is 3.77. The number of nitrogens with one attached hydrogen (secondary N) is 3. The summed E-state index contributed by atoms with van der Waals surface area (Å²) in [6.07, 6.45) is 6.62. The number of nitrogens with zero attached hydrogens (tertiary/aromatic N) is 1. The zero-order valence-corrected chi connectivity index (χ0v) is 26.5. The second-order valence-corrected chi connectivity index (χ2v) is 11.1. The second kappa shape index (κ2) is 11.7. The van der Waals surface area contributed by atoms with Gasteiger partial charge in [0.1, 0.15) is 0 Å². The van der Waals surface area contributed by atoms with E-state index in [1.165, 1.54) is 66.8 Å². The van der Waals surface area contributed by atoms with Gasteiger partial charge < -0.3 is 25.3 Å². The van der Waals surface area contributed by atoms with Gasteiger partial charge in [-0.15, -0.1) is 0 Å². The molecule has 5 heteroatoms. The Morgan fingerprint density at radius 3 is 1.54 bits per heavy atom. The Bertz CT molecular complexity index is 1830.